The summed E-state index contributed by atoms with van der Waals surface area (Å²) in [5.74, 6) is -0.339. The molecule has 2 rings (SSSR count). The minimum Gasteiger partial charge on any atom is -0.351 e. The topological polar surface area (TPSA) is 71.1 Å². The Hall–Kier alpha value is -2.69. The Balaban J connectivity index is 2.06. The van der Waals surface area contributed by atoms with Gasteiger partial charge in [0.2, 0.25) is 5.91 Å². The first-order valence-corrected chi connectivity index (χ1v) is 6.21. The SMILES string of the molecule is CC(=O)NCc1cc(C(=O)Nc2ccccc2)ccn1. The number of hydrogen-bond acceptors (Lipinski definition) is 3. The van der Waals surface area contributed by atoms with Crippen molar-refractivity contribution in [2.24, 2.45) is 0 Å². The molecule has 102 valence electrons. The average molecular weight is 269 g/mol. The molecular weight excluding hydrogens is 254 g/mol. The maximum absolute atomic E-state index is 12.1. The molecule has 1 aromatic heterocycles. The van der Waals surface area contributed by atoms with Gasteiger partial charge in [-0.05, 0) is 24.3 Å². The zero-order valence-electron chi connectivity index (χ0n) is 11.1. The lowest BCUT2D eigenvalue weighted by molar-refractivity contribution is -0.119. The maximum atomic E-state index is 12.1. The van der Waals surface area contributed by atoms with E-state index in [4.69, 9.17) is 0 Å². The third-order valence-corrected chi connectivity index (χ3v) is 2.63. The minimum atomic E-state index is -0.206. The fourth-order valence-corrected chi connectivity index (χ4v) is 1.66. The zero-order chi connectivity index (χ0) is 14.4. The van der Waals surface area contributed by atoms with Gasteiger partial charge in [0.15, 0.2) is 0 Å². The molecule has 1 heterocycles. The number of hydrogen-bond donors (Lipinski definition) is 2. The predicted molar refractivity (Wildman–Crippen MR) is 76.2 cm³/mol. The van der Waals surface area contributed by atoms with Gasteiger partial charge in [-0.2, -0.15) is 0 Å². The lowest BCUT2D eigenvalue weighted by Crippen LogP contribution is -2.20. The van der Waals surface area contributed by atoms with Crippen molar-refractivity contribution < 1.29 is 9.59 Å². The maximum Gasteiger partial charge on any atom is 0.255 e. The van der Waals surface area contributed by atoms with E-state index >= 15 is 0 Å². The molecule has 0 bridgehead atoms. The molecule has 0 fully saturated rings. The molecule has 5 heteroatoms. The van der Waals surface area contributed by atoms with Gasteiger partial charge in [-0.25, -0.2) is 0 Å². The van der Waals surface area contributed by atoms with E-state index in [2.05, 4.69) is 15.6 Å². The van der Waals surface area contributed by atoms with Crippen molar-refractivity contribution >= 4 is 17.5 Å². The number of carbonyl (C=O) groups is 2. The molecule has 0 aliphatic heterocycles. The van der Waals surface area contributed by atoms with Crippen LogP contribution < -0.4 is 10.6 Å². The minimum absolute atomic E-state index is 0.133. The second-order valence-corrected chi connectivity index (χ2v) is 4.27. The Bertz CT molecular complexity index is 612. The first-order valence-electron chi connectivity index (χ1n) is 6.21. The average Bonchev–Trinajstić information content (AvgIpc) is 2.46. The van der Waals surface area contributed by atoms with Gasteiger partial charge in [-0.15, -0.1) is 0 Å². The fraction of sp³-hybridized carbons (Fsp3) is 0.133. The Morgan fingerprint density at radius 3 is 2.60 bits per heavy atom. The predicted octanol–water partition coefficient (Wildman–Crippen LogP) is 1.97. The molecule has 0 saturated heterocycles. The second-order valence-electron chi connectivity index (χ2n) is 4.27. The molecule has 0 aliphatic rings. The molecule has 0 radical (unpaired) electrons. The molecule has 0 aliphatic carbocycles. The lowest BCUT2D eigenvalue weighted by Gasteiger charge is -2.06. The van der Waals surface area contributed by atoms with Gasteiger partial charge < -0.3 is 10.6 Å². The van der Waals surface area contributed by atoms with Gasteiger partial charge in [0.05, 0.1) is 12.2 Å². The summed E-state index contributed by atoms with van der Waals surface area (Å²) in [5.41, 5.74) is 1.88. The zero-order valence-corrected chi connectivity index (χ0v) is 11.1. The summed E-state index contributed by atoms with van der Waals surface area (Å²) in [6, 6.07) is 12.5. The number of pyridine rings is 1. The molecule has 20 heavy (non-hydrogen) atoms. The second kappa shape index (κ2) is 6.47. The highest BCUT2D eigenvalue weighted by Gasteiger charge is 2.07. The number of rotatable bonds is 4. The van der Waals surface area contributed by atoms with Crippen molar-refractivity contribution in [3.05, 3.63) is 59.9 Å². The van der Waals surface area contributed by atoms with Crippen LogP contribution in [0.1, 0.15) is 23.0 Å². The van der Waals surface area contributed by atoms with Gasteiger partial charge in [-0.3, -0.25) is 14.6 Å². The standard InChI is InChI=1S/C15H15N3O2/c1-11(19)17-10-14-9-12(7-8-16-14)15(20)18-13-5-3-2-4-6-13/h2-9H,10H2,1H3,(H,17,19)(H,18,20). The van der Waals surface area contributed by atoms with Crippen LogP contribution in [0.4, 0.5) is 5.69 Å². The monoisotopic (exact) mass is 269 g/mol. The largest absolute Gasteiger partial charge is 0.351 e. The molecule has 2 aromatic rings. The first kappa shape index (κ1) is 13.7. The van der Waals surface area contributed by atoms with E-state index in [1.807, 2.05) is 30.3 Å². The number of aromatic nitrogens is 1. The van der Waals surface area contributed by atoms with Crippen LogP contribution in [0.5, 0.6) is 0 Å². The highest BCUT2D eigenvalue weighted by atomic mass is 16.2. The number of benzene rings is 1. The van der Waals surface area contributed by atoms with E-state index in [1.165, 1.54) is 6.92 Å². The van der Waals surface area contributed by atoms with Crippen molar-refractivity contribution in [2.45, 2.75) is 13.5 Å². The summed E-state index contributed by atoms with van der Waals surface area (Å²) in [6.07, 6.45) is 1.55. The molecule has 2 amide bonds. The first-order chi connectivity index (χ1) is 9.65. The number of carbonyl (C=O) groups excluding carboxylic acids is 2. The summed E-state index contributed by atoms with van der Waals surface area (Å²) in [7, 11) is 0. The molecular formula is C15H15N3O2. The highest BCUT2D eigenvalue weighted by molar-refractivity contribution is 6.04. The molecule has 2 N–H and O–H groups in total. The number of nitrogens with one attached hydrogen (secondary N) is 2. The quantitative estimate of drug-likeness (QED) is 0.891. The molecule has 0 spiro atoms. The van der Waals surface area contributed by atoms with Gasteiger partial charge >= 0.3 is 0 Å². The van der Waals surface area contributed by atoms with Gasteiger partial charge in [0, 0.05) is 24.4 Å². The van der Waals surface area contributed by atoms with Crippen LogP contribution in [0.25, 0.3) is 0 Å². The van der Waals surface area contributed by atoms with Crippen LogP contribution in [0.15, 0.2) is 48.7 Å². The van der Waals surface area contributed by atoms with E-state index in [0.717, 1.165) is 5.69 Å². The number of amides is 2. The fourth-order valence-electron chi connectivity index (χ4n) is 1.66. The Labute approximate surface area is 117 Å². The highest BCUT2D eigenvalue weighted by Crippen LogP contribution is 2.09. The van der Waals surface area contributed by atoms with E-state index in [-0.39, 0.29) is 11.8 Å². The van der Waals surface area contributed by atoms with Crippen molar-refractivity contribution in [2.75, 3.05) is 5.32 Å². The Morgan fingerprint density at radius 1 is 1.15 bits per heavy atom. The summed E-state index contributed by atoms with van der Waals surface area (Å²) in [4.78, 5) is 27.0. The normalized spacial score (nSPS) is 9.85. The summed E-state index contributed by atoms with van der Waals surface area (Å²) in [5, 5.41) is 5.44. The van der Waals surface area contributed by atoms with Crippen LogP contribution in [-0.4, -0.2) is 16.8 Å². The van der Waals surface area contributed by atoms with Gasteiger partial charge in [0.1, 0.15) is 0 Å². The Morgan fingerprint density at radius 2 is 1.90 bits per heavy atom. The van der Waals surface area contributed by atoms with Gasteiger partial charge in [-0.1, -0.05) is 18.2 Å². The summed E-state index contributed by atoms with van der Waals surface area (Å²) in [6.45, 7) is 1.74. The molecule has 0 unspecified atom stereocenters. The van der Waals surface area contributed by atoms with Crippen molar-refractivity contribution in [3.8, 4) is 0 Å². The lowest BCUT2D eigenvalue weighted by atomic mass is 10.2. The van der Waals surface area contributed by atoms with Crippen LogP contribution in [-0.2, 0) is 11.3 Å². The van der Waals surface area contributed by atoms with Crippen molar-refractivity contribution in [1.82, 2.24) is 10.3 Å². The van der Waals surface area contributed by atoms with E-state index < -0.39 is 0 Å². The van der Waals surface area contributed by atoms with Crippen molar-refractivity contribution in [1.29, 1.82) is 0 Å². The number of nitrogens with zero attached hydrogens (tertiary/aromatic N) is 1. The molecule has 0 saturated carbocycles. The summed E-state index contributed by atoms with van der Waals surface area (Å²) >= 11 is 0. The molecule has 1 aromatic carbocycles. The number of para-hydroxylation sites is 1. The van der Waals surface area contributed by atoms with E-state index in [0.29, 0.717) is 17.8 Å². The smallest absolute Gasteiger partial charge is 0.255 e. The van der Waals surface area contributed by atoms with Crippen molar-refractivity contribution in [3.63, 3.8) is 0 Å². The van der Waals surface area contributed by atoms with Crippen LogP contribution in [0.3, 0.4) is 0 Å². The van der Waals surface area contributed by atoms with E-state index in [9.17, 15) is 9.59 Å². The molecule has 5 nitrogen and oxygen atoms in total. The summed E-state index contributed by atoms with van der Waals surface area (Å²) < 4.78 is 0. The van der Waals surface area contributed by atoms with Crippen LogP contribution >= 0.6 is 0 Å². The third kappa shape index (κ3) is 3.91. The van der Waals surface area contributed by atoms with E-state index in [1.54, 1.807) is 18.3 Å². The number of anilines is 1. The van der Waals surface area contributed by atoms with Gasteiger partial charge in [0.25, 0.3) is 5.91 Å². The molecule has 0 atom stereocenters. The van der Waals surface area contributed by atoms with Crippen LogP contribution in [0, 0.1) is 0 Å². The van der Waals surface area contributed by atoms with Crippen LogP contribution in [0.2, 0.25) is 0 Å². The Kier molecular flexibility index (Phi) is 4.44. The third-order valence-electron chi connectivity index (χ3n) is 2.63.